The Hall–Kier alpha value is -1.72. The fourth-order valence-electron chi connectivity index (χ4n) is 2.79. The highest BCUT2D eigenvalue weighted by Crippen LogP contribution is 2.18. The SMILES string of the molecule is CC1CN(C(C)c2nc3ccccc3c(=O)[nH]2)CCN1. The molecule has 1 aliphatic rings. The van der Waals surface area contributed by atoms with E-state index in [9.17, 15) is 4.79 Å². The quantitative estimate of drug-likeness (QED) is 0.864. The number of nitrogens with zero attached hydrogens (tertiary/aromatic N) is 2. The minimum Gasteiger partial charge on any atom is -0.312 e. The van der Waals surface area contributed by atoms with Crippen molar-refractivity contribution in [3.05, 3.63) is 40.4 Å². The number of rotatable bonds is 2. The highest BCUT2D eigenvalue weighted by atomic mass is 16.1. The normalized spacial score (nSPS) is 22.0. The van der Waals surface area contributed by atoms with Gasteiger partial charge in [-0.05, 0) is 26.0 Å². The number of aromatic nitrogens is 2. The molecule has 0 spiro atoms. The van der Waals surface area contributed by atoms with E-state index in [4.69, 9.17) is 0 Å². The van der Waals surface area contributed by atoms with E-state index < -0.39 is 0 Å². The van der Waals surface area contributed by atoms with Gasteiger partial charge in [0.25, 0.3) is 5.56 Å². The maximum Gasteiger partial charge on any atom is 0.258 e. The summed E-state index contributed by atoms with van der Waals surface area (Å²) in [5, 5.41) is 4.08. The van der Waals surface area contributed by atoms with Gasteiger partial charge in [-0.1, -0.05) is 12.1 Å². The van der Waals surface area contributed by atoms with Crippen molar-refractivity contribution in [3.63, 3.8) is 0 Å². The fourth-order valence-corrected chi connectivity index (χ4v) is 2.79. The topological polar surface area (TPSA) is 61.0 Å². The van der Waals surface area contributed by atoms with Gasteiger partial charge in [-0.3, -0.25) is 9.69 Å². The van der Waals surface area contributed by atoms with Crippen LogP contribution in [0.3, 0.4) is 0 Å². The van der Waals surface area contributed by atoms with Crippen LogP contribution in [0, 0.1) is 0 Å². The van der Waals surface area contributed by atoms with E-state index in [1.54, 1.807) is 0 Å². The van der Waals surface area contributed by atoms with Gasteiger partial charge in [-0.25, -0.2) is 4.98 Å². The van der Waals surface area contributed by atoms with Crippen LogP contribution in [-0.4, -0.2) is 40.5 Å². The Kier molecular flexibility index (Phi) is 3.54. The Labute approximate surface area is 118 Å². The third-order valence-corrected chi connectivity index (χ3v) is 3.97. The van der Waals surface area contributed by atoms with Gasteiger partial charge in [-0.2, -0.15) is 0 Å². The van der Waals surface area contributed by atoms with Crippen molar-refractivity contribution < 1.29 is 0 Å². The number of nitrogens with one attached hydrogen (secondary N) is 2. The first-order chi connectivity index (χ1) is 9.65. The van der Waals surface area contributed by atoms with E-state index in [-0.39, 0.29) is 11.6 Å². The van der Waals surface area contributed by atoms with Crippen LogP contribution < -0.4 is 10.9 Å². The van der Waals surface area contributed by atoms with Crippen LogP contribution in [0.5, 0.6) is 0 Å². The highest BCUT2D eigenvalue weighted by Gasteiger charge is 2.23. The zero-order valence-corrected chi connectivity index (χ0v) is 11.9. The molecule has 5 nitrogen and oxygen atoms in total. The maximum absolute atomic E-state index is 12.1. The lowest BCUT2D eigenvalue weighted by atomic mass is 10.1. The van der Waals surface area contributed by atoms with Crippen LogP contribution in [0.4, 0.5) is 0 Å². The number of aromatic amines is 1. The molecule has 2 atom stereocenters. The Morgan fingerprint density at radius 1 is 1.40 bits per heavy atom. The summed E-state index contributed by atoms with van der Waals surface area (Å²) in [5.41, 5.74) is 0.710. The van der Waals surface area contributed by atoms with Crippen molar-refractivity contribution in [2.45, 2.75) is 25.9 Å². The summed E-state index contributed by atoms with van der Waals surface area (Å²) in [5.74, 6) is 0.753. The second kappa shape index (κ2) is 5.34. The summed E-state index contributed by atoms with van der Waals surface area (Å²) in [6.45, 7) is 7.20. The van der Waals surface area contributed by atoms with Gasteiger partial charge in [-0.15, -0.1) is 0 Å². The molecule has 0 bridgehead atoms. The molecular formula is C15H20N4O. The number of benzene rings is 1. The fraction of sp³-hybridized carbons (Fsp3) is 0.467. The summed E-state index contributed by atoms with van der Waals surface area (Å²) in [4.78, 5) is 22.0. The molecule has 2 heterocycles. The van der Waals surface area contributed by atoms with Crippen LogP contribution in [-0.2, 0) is 0 Å². The van der Waals surface area contributed by atoms with Crippen molar-refractivity contribution in [1.82, 2.24) is 20.2 Å². The Morgan fingerprint density at radius 2 is 2.20 bits per heavy atom. The lowest BCUT2D eigenvalue weighted by Crippen LogP contribution is -2.50. The number of hydrogen-bond acceptors (Lipinski definition) is 4. The maximum atomic E-state index is 12.1. The summed E-state index contributed by atoms with van der Waals surface area (Å²) >= 11 is 0. The summed E-state index contributed by atoms with van der Waals surface area (Å²) in [6.07, 6.45) is 0. The van der Waals surface area contributed by atoms with Gasteiger partial charge < -0.3 is 10.3 Å². The van der Waals surface area contributed by atoms with Crippen LogP contribution in [0.2, 0.25) is 0 Å². The molecule has 0 saturated carbocycles. The first-order valence-electron chi connectivity index (χ1n) is 7.11. The van der Waals surface area contributed by atoms with Gasteiger partial charge >= 0.3 is 0 Å². The average Bonchev–Trinajstić information content (AvgIpc) is 2.46. The first kappa shape index (κ1) is 13.3. The van der Waals surface area contributed by atoms with E-state index in [0.717, 1.165) is 31.0 Å². The Morgan fingerprint density at radius 3 is 3.00 bits per heavy atom. The van der Waals surface area contributed by atoms with Gasteiger partial charge in [0.15, 0.2) is 0 Å². The third-order valence-electron chi connectivity index (χ3n) is 3.97. The summed E-state index contributed by atoms with van der Waals surface area (Å²) in [7, 11) is 0. The zero-order chi connectivity index (χ0) is 14.1. The van der Waals surface area contributed by atoms with Gasteiger partial charge in [0.05, 0.1) is 16.9 Å². The molecular weight excluding hydrogens is 252 g/mol. The second-order valence-electron chi connectivity index (χ2n) is 5.49. The van der Waals surface area contributed by atoms with E-state index >= 15 is 0 Å². The molecule has 0 amide bonds. The Balaban J connectivity index is 1.95. The van der Waals surface area contributed by atoms with E-state index in [0.29, 0.717) is 11.4 Å². The largest absolute Gasteiger partial charge is 0.312 e. The van der Waals surface area contributed by atoms with Crippen LogP contribution >= 0.6 is 0 Å². The zero-order valence-electron chi connectivity index (χ0n) is 11.9. The molecule has 2 N–H and O–H groups in total. The molecule has 1 saturated heterocycles. The highest BCUT2D eigenvalue weighted by molar-refractivity contribution is 5.77. The molecule has 0 aliphatic carbocycles. The molecule has 1 fully saturated rings. The smallest absolute Gasteiger partial charge is 0.258 e. The van der Waals surface area contributed by atoms with E-state index in [1.807, 2.05) is 24.3 Å². The van der Waals surface area contributed by atoms with Gasteiger partial charge in [0, 0.05) is 25.7 Å². The van der Waals surface area contributed by atoms with Crippen molar-refractivity contribution in [2.75, 3.05) is 19.6 Å². The number of fused-ring (bicyclic) bond motifs is 1. The molecule has 1 aromatic carbocycles. The molecule has 5 heteroatoms. The van der Waals surface area contributed by atoms with Gasteiger partial charge in [0.1, 0.15) is 5.82 Å². The van der Waals surface area contributed by atoms with E-state index in [2.05, 4.69) is 34.0 Å². The molecule has 106 valence electrons. The molecule has 2 unspecified atom stereocenters. The lowest BCUT2D eigenvalue weighted by Gasteiger charge is -2.35. The third kappa shape index (κ3) is 2.46. The summed E-state index contributed by atoms with van der Waals surface area (Å²) < 4.78 is 0. The molecule has 1 aromatic heterocycles. The standard InChI is InChI=1S/C15H20N4O/c1-10-9-19(8-7-16-10)11(2)14-17-13-6-4-3-5-12(13)15(20)18-14/h3-6,10-11,16H,7-9H2,1-2H3,(H,17,18,20). The van der Waals surface area contributed by atoms with E-state index in [1.165, 1.54) is 0 Å². The van der Waals surface area contributed by atoms with Crippen molar-refractivity contribution >= 4 is 10.9 Å². The molecule has 1 aliphatic heterocycles. The average molecular weight is 272 g/mol. The van der Waals surface area contributed by atoms with Crippen LogP contribution in [0.15, 0.2) is 29.1 Å². The second-order valence-corrected chi connectivity index (χ2v) is 5.49. The number of piperazine rings is 1. The van der Waals surface area contributed by atoms with Crippen molar-refractivity contribution in [2.24, 2.45) is 0 Å². The number of hydrogen-bond donors (Lipinski definition) is 2. The predicted octanol–water partition coefficient (Wildman–Crippen LogP) is 1.28. The molecule has 0 radical (unpaired) electrons. The predicted molar refractivity (Wildman–Crippen MR) is 79.8 cm³/mol. The van der Waals surface area contributed by atoms with Gasteiger partial charge in [0.2, 0.25) is 0 Å². The summed E-state index contributed by atoms with van der Waals surface area (Å²) in [6, 6.07) is 8.07. The first-order valence-corrected chi connectivity index (χ1v) is 7.11. The Bertz CT molecular complexity index is 666. The number of H-pyrrole nitrogens is 1. The molecule has 20 heavy (non-hydrogen) atoms. The minimum absolute atomic E-state index is 0.0550. The van der Waals surface area contributed by atoms with Crippen molar-refractivity contribution in [3.8, 4) is 0 Å². The van der Waals surface area contributed by atoms with Crippen molar-refractivity contribution in [1.29, 1.82) is 0 Å². The monoisotopic (exact) mass is 272 g/mol. The van der Waals surface area contributed by atoms with Crippen LogP contribution in [0.25, 0.3) is 10.9 Å². The molecule has 3 rings (SSSR count). The van der Waals surface area contributed by atoms with Crippen LogP contribution in [0.1, 0.15) is 25.7 Å². The lowest BCUT2D eigenvalue weighted by molar-refractivity contribution is 0.153. The molecule has 2 aromatic rings. The minimum atomic E-state index is -0.0550. The number of para-hydroxylation sites is 1.